The van der Waals surface area contributed by atoms with Crippen LogP contribution in [0.2, 0.25) is 0 Å². The van der Waals surface area contributed by atoms with E-state index in [9.17, 15) is 0 Å². The summed E-state index contributed by atoms with van der Waals surface area (Å²) in [5, 5.41) is 4.35. The molecule has 14 heavy (non-hydrogen) atoms. The van der Waals surface area contributed by atoms with Crippen molar-refractivity contribution in [3.63, 3.8) is 0 Å². The first kappa shape index (κ1) is 9.46. The molecule has 1 aliphatic rings. The third kappa shape index (κ3) is 1.73. The molecule has 0 unspecified atom stereocenters. The number of nitrogens with two attached hydrogens (primary N) is 1. The van der Waals surface area contributed by atoms with Gasteiger partial charge in [0.25, 0.3) is 0 Å². The molecule has 0 amide bonds. The molecule has 0 saturated carbocycles. The SMILES string of the molecule is Cc1c(CN)cnn1CC1=CCCC1. The van der Waals surface area contributed by atoms with Gasteiger partial charge in [0.1, 0.15) is 0 Å². The van der Waals surface area contributed by atoms with E-state index in [4.69, 9.17) is 5.73 Å². The molecule has 1 aromatic heterocycles. The third-order valence-electron chi connectivity index (χ3n) is 2.91. The first-order valence-corrected chi connectivity index (χ1v) is 5.20. The van der Waals surface area contributed by atoms with Gasteiger partial charge < -0.3 is 5.73 Å². The summed E-state index contributed by atoms with van der Waals surface area (Å²) in [5.41, 5.74) is 9.48. The summed E-state index contributed by atoms with van der Waals surface area (Å²) in [6, 6.07) is 0. The van der Waals surface area contributed by atoms with Crippen molar-refractivity contribution in [2.24, 2.45) is 5.73 Å². The van der Waals surface area contributed by atoms with E-state index in [0.29, 0.717) is 6.54 Å². The number of aromatic nitrogens is 2. The molecule has 2 N–H and O–H groups in total. The molecule has 0 atom stereocenters. The van der Waals surface area contributed by atoms with Crippen LogP contribution in [0, 0.1) is 6.92 Å². The number of hydrogen-bond acceptors (Lipinski definition) is 2. The minimum Gasteiger partial charge on any atom is -0.326 e. The van der Waals surface area contributed by atoms with Crippen molar-refractivity contribution >= 4 is 0 Å². The van der Waals surface area contributed by atoms with Crippen LogP contribution in [0.1, 0.15) is 30.5 Å². The summed E-state index contributed by atoms with van der Waals surface area (Å²) < 4.78 is 2.05. The van der Waals surface area contributed by atoms with Crippen LogP contribution >= 0.6 is 0 Å². The highest BCUT2D eigenvalue weighted by molar-refractivity contribution is 5.17. The summed E-state index contributed by atoms with van der Waals surface area (Å²) in [4.78, 5) is 0. The summed E-state index contributed by atoms with van der Waals surface area (Å²) in [7, 11) is 0. The van der Waals surface area contributed by atoms with E-state index in [1.165, 1.54) is 30.5 Å². The summed E-state index contributed by atoms with van der Waals surface area (Å²) in [5.74, 6) is 0. The van der Waals surface area contributed by atoms with Crippen molar-refractivity contribution in [1.82, 2.24) is 9.78 Å². The maximum absolute atomic E-state index is 5.60. The lowest BCUT2D eigenvalue weighted by molar-refractivity contribution is 0.641. The Labute approximate surface area is 84.6 Å². The second-order valence-electron chi connectivity index (χ2n) is 3.87. The van der Waals surface area contributed by atoms with Crippen LogP contribution in [-0.4, -0.2) is 9.78 Å². The highest BCUT2D eigenvalue weighted by Gasteiger charge is 2.09. The van der Waals surface area contributed by atoms with Crippen LogP contribution in [0.5, 0.6) is 0 Å². The average Bonchev–Trinajstić information content (AvgIpc) is 2.79. The van der Waals surface area contributed by atoms with Crippen LogP contribution in [0.4, 0.5) is 0 Å². The predicted molar refractivity (Wildman–Crippen MR) is 56.8 cm³/mol. The van der Waals surface area contributed by atoms with Crippen molar-refractivity contribution in [2.75, 3.05) is 0 Å². The molecular weight excluding hydrogens is 174 g/mol. The van der Waals surface area contributed by atoms with E-state index in [2.05, 4.69) is 22.8 Å². The van der Waals surface area contributed by atoms with Gasteiger partial charge in [0.2, 0.25) is 0 Å². The van der Waals surface area contributed by atoms with Gasteiger partial charge in [-0.05, 0) is 26.2 Å². The number of nitrogens with zero attached hydrogens (tertiary/aromatic N) is 2. The first-order chi connectivity index (χ1) is 6.81. The lowest BCUT2D eigenvalue weighted by Crippen LogP contribution is -2.05. The minimum absolute atomic E-state index is 0.588. The zero-order chi connectivity index (χ0) is 9.97. The Kier molecular flexibility index (Phi) is 2.68. The lowest BCUT2D eigenvalue weighted by atomic mass is 10.2. The summed E-state index contributed by atoms with van der Waals surface area (Å²) in [6.07, 6.45) is 7.99. The lowest BCUT2D eigenvalue weighted by Gasteiger charge is -2.05. The van der Waals surface area contributed by atoms with Gasteiger partial charge in [-0.25, -0.2) is 0 Å². The molecule has 0 aliphatic heterocycles. The Morgan fingerprint density at radius 1 is 1.57 bits per heavy atom. The second kappa shape index (κ2) is 3.96. The van der Waals surface area contributed by atoms with Crippen molar-refractivity contribution in [1.29, 1.82) is 0 Å². The summed E-state index contributed by atoms with van der Waals surface area (Å²) in [6.45, 7) is 3.63. The largest absolute Gasteiger partial charge is 0.326 e. The van der Waals surface area contributed by atoms with E-state index in [1.54, 1.807) is 0 Å². The fourth-order valence-corrected chi connectivity index (χ4v) is 1.92. The Balaban J connectivity index is 2.12. The number of rotatable bonds is 3. The zero-order valence-corrected chi connectivity index (χ0v) is 8.66. The molecule has 0 spiro atoms. The fraction of sp³-hybridized carbons (Fsp3) is 0.545. The van der Waals surface area contributed by atoms with E-state index in [-0.39, 0.29) is 0 Å². The first-order valence-electron chi connectivity index (χ1n) is 5.20. The molecule has 2 rings (SSSR count). The van der Waals surface area contributed by atoms with Gasteiger partial charge in [0.05, 0.1) is 12.7 Å². The van der Waals surface area contributed by atoms with E-state index in [0.717, 1.165) is 12.1 Å². The van der Waals surface area contributed by atoms with Crippen molar-refractivity contribution in [2.45, 2.75) is 39.3 Å². The van der Waals surface area contributed by atoms with Gasteiger partial charge in [-0.1, -0.05) is 11.6 Å². The van der Waals surface area contributed by atoms with E-state index >= 15 is 0 Å². The highest BCUT2D eigenvalue weighted by Crippen LogP contribution is 2.20. The quantitative estimate of drug-likeness (QED) is 0.740. The van der Waals surface area contributed by atoms with Crippen molar-refractivity contribution < 1.29 is 0 Å². The Morgan fingerprint density at radius 3 is 3.00 bits per heavy atom. The van der Waals surface area contributed by atoms with Crippen LogP contribution in [-0.2, 0) is 13.1 Å². The molecule has 0 fully saturated rings. The Hall–Kier alpha value is -1.09. The smallest absolute Gasteiger partial charge is 0.0622 e. The molecule has 1 heterocycles. The molecule has 3 nitrogen and oxygen atoms in total. The number of allylic oxidation sites excluding steroid dienone is 2. The molecule has 1 aliphatic carbocycles. The van der Waals surface area contributed by atoms with Gasteiger partial charge in [-0.2, -0.15) is 5.10 Å². The topological polar surface area (TPSA) is 43.8 Å². The van der Waals surface area contributed by atoms with Crippen LogP contribution in [0.3, 0.4) is 0 Å². The van der Waals surface area contributed by atoms with E-state index < -0.39 is 0 Å². The van der Waals surface area contributed by atoms with Crippen LogP contribution in [0.15, 0.2) is 17.8 Å². The third-order valence-corrected chi connectivity index (χ3v) is 2.91. The molecular formula is C11H17N3. The molecule has 0 saturated heterocycles. The number of hydrogen-bond donors (Lipinski definition) is 1. The minimum atomic E-state index is 0.588. The molecule has 76 valence electrons. The Morgan fingerprint density at radius 2 is 2.43 bits per heavy atom. The molecule has 1 aromatic rings. The average molecular weight is 191 g/mol. The van der Waals surface area contributed by atoms with Crippen LogP contribution in [0.25, 0.3) is 0 Å². The van der Waals surface area contributed by atoms with Gasteiger partial charge in [-0.3, -0.25) is 4.68 Å². The normalized spacial score (nSPS) is 16.0. The molecule has 0 radical (unpaired) electrons. The molecule has 0 bridgehead atoms. The monoisotopic (exact) mass is 191 g/mol. The van der Waals surface area contributed by atoms with Crippen LogP contribution < -0.4 is 5.73 Å². The van der Waals surface area contributed by atoms with Crippen molar-refractivity contribution in [3.05, 3.63) is 29.1 Å². The van der Waals surface area contributed by atoms with Crippen molar-refractivity contribution in [3.8, 4) is 0 Å². The predicted octanol–water partition coefficient (Wildman–Crippen LogP) is 1.76. The van der Waals surface area contributed by atoms with Gasteiger partial charge >= 0.3 is 0 Å². The standard InChI is InChI=1S/C11H17N3/c1-9-11(6-12)7-13-14(9)8-10-4-2-3-5-10/h4,7H,2-3,5-6,8,12H2,1H3. The van der Waals surface area contributed by atoms with E-state index in [1.807, 2.05) is 6.20 Å². The van der Waals surface area contributed by atoms with Gasteiger partial charge in [0, 0.05) is 17.8 Å². The van der Waals surface area contributed by atoms with Gasteiger partial charge in [0.15, 0.2) is 0 Å². The van der Waals surface area contributed by atoms with Gasteiger partial charge in [-0.15, -0.1) is 0 Å². The zero-order valence-electron chi connectivity index (χ0n) is 8.66. The maximum atomic E-state index is 5.60. The Bertz CT molecular complexity index is 349. The fourth-order valence-electron chi connectivity index (χ4n) is 1.92. The summed E-state index contributed by atoms with van der Waals surface area (Å²) >= 11 is 0. The molecule has 3 heteroatoms. The molecule has 0 aromatic carbocycles. The maximum Gasteiger partial charge on any atom is 0.0622 e. The highest BCUT2D eigenvalue weighted by atomic mass is 15.3. The second-order valence-corrected chi connectivity index (χ2v) is 3.87.